The molecule has 104 valence electrons. The van der Waals surface area contributed by atoms with E-state index >= 15 is 0 Å². The summed E-state index contributed by atoms with van der Waals surface area (Å²) in [5.74, 6) is 1.19. The molecule has 4 nitrogen and oxygen atoms in total. The van der Waals surface area contributed by atoms with Crippen LogP contribution in [0.25, 0.3) is 0 Å². The summed E-state index contributed by atoms with van der Waals surface area (Å²) < 4.78 is 1.96. The van der Waals surface area contributed by atoms with Crippen molar-refractivity contribution in [1.82, 2.24) is 14.7 Å². The molecule has 0 aliphatic carbocycles. The molecular weight excluding hydrogens is 244 g/mol. The third-order valence-corrected chi connectivity index (χ3v) is 4.16. The first-order chi connectivity index (χ1) is 8.63. The van der Waals surface area contributed by atoms with Crippen LogP contribution in [0.15, 0.2) is 12.4 Å². The van der Waals surface area contributed by atoms with E-state index in [-0.39, 0.29) is 6.04 Å². The third-order valence-electron chi connectivity index (χ3n) is 3.51. The van der Waals surface area contributed by atoms with Gasteiger partial charge in [-0.05, 0) is 39.3 Å². The Hall–Kier alpha value is -0.520. The van der Waals surface area contributed by atoms with Gasteiger partial charge in [0.05, 0.1) is 12.2 Å². The van der Waals surface area contributed by atoms with Crippen molar-refractivity contribution in [3.63, 3.8) is 0 Å². The van der Waals surface area contributed by atoms with Crippen molar-refractivity contribution in [2.45, 2.75) is 38.9 Å². The summed E-state index contributed by atoms with van der Waals surface area (Å²) in [6.07, 6.45) is 7.39. The van der Waals surface area contributed by atoms with Crippen molar-refractivity contribution in [1.29, 1.82) is 0 Å². The van der Waals surface area contributed by atoms with Crippen LogP contribution in [-0.2, 0) is 6.54 Å². The van der Waals surface area contributed by atoms with Gasteiger partial charge in [-0.25, -0.2) is 0 Å². The molecular formula is C13H26N4S. The van der Waals surface area contributed by atoms with Crippen molar-refractivity contribution < 1.29 is 0 Å². The topological polar surface area (TPSA) is 47.1 Å². The molecule has 0 aliphatic heterocycles. The van der Waals surface area contributed by atoms with Crippen molar-refractivity contribution in [2.75, 3.05) is 25.6 Å². The van der Waals surface area contributed by atoms with Crippen molar-refractivity contribution in [3.05, 3.63) is 18.0 Å². The van der Waals surface area contributed by atoms with Crippen LogP contribution in [0.2, 0.25) is 0 Å². The summed E-state index contributed by atoms with van der Waals surface area (Å²) in [5, 5.41) is 4.34. The predicted octanol–water partition coefficient (Wildman–Crippen LogP) is 1.98. The van der Waals surface area contributed by atoms with Gasteiger partial charge in [-0.1, -0.05) is 0 Å². The minimum absolute atomic E-state index is 0.266. The fourth-order valence-corrected chi connectivity index (χ4v) is 2.64. The second-order valence-corrected chi connectivity index (χ2v) is 5.66. The van der Waals surface area contributed by atoms with Crippen molar-refractivity contribution in [3.8, 4) is 0 Å². The molecule has 1 rings (SSSR count). The van der Waals surface area contributed by atoms with E-state index in [1.54, 1.807) is 0 Å². The van der Waals surface area contributed by atoms with E-state index in [4.69, 9.17) is 5.73 Å². The highest BCUT2D eigenvalue weighted by atomic mass is 32.2. The van der Waals surface area contributed by atoms with Gasteiger partial charge in [0.25, 0.3) is 0 Å². The molecule has 0 radical (unpaired) electrons. The van der Waals surface area contributed by atoms with Crippen LogP contribution in [0.5, 0.6) is 0 Å². The monoisotopic (exact) mass is 270 g/mol. The fourth-order valence-electron chi connectivity index (χ4n) is 2.06. The molecule has 5 heteroatoms. The molecule has 0 aliphatic rings. The summed E-state index contributed by atoms with van der Waals surface area (Å²) in [6.45, 7) is 5.90. The molecule has 0 fully saturated rings. The Bertz CT molecular complexity index is 339. The Morgan fingerprint density at radius 2 is 2.28 bits per heavy atom. The largest absolute Gasteiger partial charge is 0.329 e. The van der Waals surface area contributed by atoms with Gasteiger partial charge in [-0.2, -0.15) is 16.9 Å². The number of hydrogen-bond donors (Lipinski definition) is 1. The summed E-state index contributed by atoms with van der Waals surface area (Å²) >= 11 is 1.90. The second-order valence-electron chi connectivity index (χ2n) is 4.68. The van der Waals surface area contributed by atoms with E-state index in [9.17, 15) is 0 Å². The first kappa shape index (κ1) is 15.5. The van der Waals surface area contributed by atoms with Crippen LogP contribution in [-0.4, -0.2) is 46.3 Å². The zero-order chi connectivity index (χ0) is 13.5. The summed E-state index contributed by atoms with van der Waals surface area (Å²) in [4.78, 5) is 2.37. The maximum absolute atomic E-state index is 5.94. The lowest BCUT2D eigenvalue weighted by Crippen LogP contribution is -2.37. The molecule has 1 aromatic heterocycles. The SMILES string of the molecule is CCn1cc(C(CN)N(C)C(C)CCSC)cn1. The molecule has 2 N–H and O–H groups in total. The Labute approximate surface area is 115 Å². The molecule has 0 saturated carbocycles. The number of thioether (sulfide) groups is 1. The highest BCUT2D eigenvalue weighted by Crippen LogP contribution is 2.21. The minimum Gasteiger partial charge on any atom is -0.329 e. The van der Waals surface area contributed by atoms with Crippen LogP contribution in [0, 0.1) is 0 Å². The maximum atomic E-state index is 5.94. The number of hydrogen-bond acceptors (Lipinski definition) is 4. The van der Waals surface area contributed by atoms with Gasteiger partial charge >= 0.3 is 0 Å². The Kier molecular flexibility index (Phi) is 6.75. The molecule has 1 aromatic rings. The van der Waals surface area contributed by atoms with E-state index in [0.29, 0.717) is 12.6 Å². The number of aromatic nitrogens is 2. The van der Waals surface area contributed by atoms with Crippen LogP contribution in [0.1, 0.15) is 31.9 Å². The molecule has 2 atom stereocenters. The van der Waals surface area contributed by atoms with Crippen LogP contribution in [0.4, 0.5) is 0 Å². The average Bonchev–Trinajstić information content (AvgIpc) is 2.85. The summed E-state index contributed by atoms with van der Waals surface area (Å²) in [6, 6.07) is 0.804. The average molecular weight is 270 g/mol. The normalized spacial score (nSPS) is 15.0. The highest BCUT2D eigenvalue weighted by molar-refractivity contribution is 7.98. The highest BCUT2D eigenvalue weighted by Gasteiger charge is 2.21. The van der Waals surface area contributed by atoms with Gasteiger partial charge < -0.3 is 5.73 Å². The summed E-state index contributed by atoms with van der Waals surface area (Å²) in [7, 11) is 2.16. The Morgan fingerprint density at radius 1 is 1.56 bits per heavy atom. The van der Waals surface area contributed by atoms with E-state index in [2.05, 4.69) is 43.3 Å². The van der Waals surface area contributed by atoms with Gasteiger partial charge in [-0.15, -0.1) is 0 Å². The van der Waals surface area contributed by atoms with Crippen LogP contribution in [0.3, 0.4) is 0 Å². The Morgan fingerprint density at radius 3 is 2.78 bits per heavy atom. The lowest BCUT2D eigenvalue weighted by molar-refractivity contribution is 0.185. The van der Waals surface area contributed by atoms with E-state index < -0.39 is 0 Å². The molecule has 0 amide bonds. The molecule has 0 spiro atoms. The second kappa shape index (κ2) is 7.81. The number of rotatable bonds is 8. The number of aryl methyl sites for hydroxylation is 1. The van der Waals surface area contributed by atoms with Gasteiger partial charge in [0.15, 0.2) is 0 Å². The Balaban J connectivity index is 2.69. The standard InChI is InChI=1S/C13H26N4S/c1-5-17-10-12(9-15-17)13(8-14)16(3)11(2)6-7-18-4/h9-11,13H,5-8,14H2,1-4H3. The molecule has 2 unspecified atom stereocenters. The lowest BCUT2D eigenvalue weighted by atomic mass is 10.1. The van der Waals surface area contributed by atoms with Crippen LogP contribution >= 0.6 is 11.8 Å². The third kappa shape index (κ3) is 4.00. The zero-order valence-electron chi connectivity index (χ0n) is 12.0. The van der Waals surface area contributed by atoms with E-state index in [1.165, 1.54) is 17.7 Å². The van der Waals surface area contributed by atoms with Gasteiger partial charge in [0.2, 0.25) is 0 Å². The smallest absolute Gasteiger partial charge is 0.0538 e. The molecule has 0 saturated heterocycles. The molecule has 1 heterocycles. The maximum Gasteiger partial charge on any atom is 0.0538 e. The number of nitrogens with zero attached hydrogens (tertiary/aromatic N) is 3. The number of likely N-dealkylation sites (N-methyl/N-ethyl adjacent to an activating group) is 1. The zero-order valence-corrected chi connectivity index (χ0v) is 12.8. The van der Waals surface area contributed by atoms with Crippen molar-refractivity contribution >= 4 is 11.8 Å². The minimum atomic E-state index is 0.266. The lowest BCUT2D eigenvalue weighted by Gasteiger charge is -2.31. The van der Waals surface area contributed by atoms with Gasteiger partial charge in [0.1, 0.15) is 0 Å². The molecule has 0 bridgehead atoms. The van der Waals surface area contributed by atoms with Crippen molar-refractivity contribution in [2.24, 2.45) is 5.73 Å². The van der Waals surface area contributed by atoms with Gasteiger partial charge in [0, 0.05) is 30.9 Å². The van der Waals surface area contributed by atoms with E-state index in [1.807, 2.05) is 22.6 Å². The molecule has 0 aromatic carbocycles. The molecule has 18 heavy (non-hydrogen) atoms. The van der Waals surface area contributed by atoms with E-state index in [0.717, 1.165) is 6.54 Å². The number of nitrogens with two attached hydrogens (primary N) is 1. The fraction of sp³-hybridized carbons (Fsp3) is 0.769. The quantitative estimate of drug-likeness (QED) is 0.784. The van der Waals surface area contributed by atoms with Crippen LogP contribution < -0.4 is 5.73 Å². The summed E-state index contributed by atoms with van der Waals surface area (Å²) in [5.41, 5.74) is 7.16. The first-order valence-corrected chi connectivity index (χ1v) is 7.96. The van der Waals surface area contributed by atoms with Gasteiger partial charge in [-0.3, -0.25) is 9.58 Å². The predicted molar refractivity (Wildman–Crippen MR) is 79.9 cm³/mol. The first-order valence-electron chi connectivity index (χ1n) is 6.57.